The van der Waals surface area contributed by atoms with E-state index in [-0.39, 0.29) is 0 Å². The third kappa shape index (κ3) is 3.54. The molecule has 0 aliphatic heterocycles. The van der Waals surface area contributed by atoms with E-state index in [9.17, 15) is 9.90 Å². The molecule has 0 saturated heterocycles. The summed E-state index contributed by atoms with van der Waals surface area (Å²) in [4.78, 5) is 11.2. The number of carbonyl (C=O) groups is 1. The van der Waals surface area contributed by atoms with Crippen molar-refractivity contribution in [1.82, 2.24) is 0 Å². The number of carboxylic acid groups (broad SMARTS) is 1. The summed E-state index contributed by atoms with van der Waals surface area (Å²) in [5.41, 5.74) is 3.70. The number of rotatable bonds is 5. The molecule has 128 valence electrons. The smallest absolute Gasteiger partial charge is 0.336 e. The lowest BCUT2D eigenvalue weighted by molar-refractivity contribution is 0.0696. The molecular formula is C20H18ClNO3. The van der Waals surface area contributed by atoms with Crippen LogP contribution in [0.2, 0.25) is 5.02 Å². The number of aromatic carboxylic acids is 1. The minimum atomic E-state index is -0.933. The standard InChI is InChI=1S/C20H18ClNO3/c1-12-15(5-3-7-17(12)21)19-10-9-14(25-19)11-22-18-8-4-6-16(13(18)2)20(23)24/h3-10,22H,11H2,1-2H3,(H,23,24). The predicted octanol–water partition coefficient (Wildman–Crippen LogP) is 5.53. The van der Waals surface area contributed by atoms with E-state index in [1.807, 2.05) is 43.3 Å². The van der Waals surface area contributed by atoms with Crippen LogP contribution in [0.25, 0.3) is 11.3 Å². The van der Waals surface area contributed by atoms with Crippen molar-refractivity contribution in [2.75, 3.05) is 5.32 Å². The zero-order valence-electron chi connectivity index (χ0n) is 14.0. The summed E-state index contributed by atoms with van der Waals surface area (Å²) in [6.07, 6.45) is 0. The van der Waals surface area contributed by atoms with Gasteiger partial charge in [-0.1, -0.05) is 29.8 Å². The molecule has 5 heteroatoms. The molecule has 1 aromatic heterocycles. The van der Waals surface area contributed by atoms with Gasteiger partial charge in [-0.05, 0) is 55.3 Å². The first kappa shape index (κ1) is 17.1. The first-order valence-electron chi connectivity index (χ1n) is 7.88. The van der Waals surface area contributed by atoms with Gasteiger partial charge in [-0.3, -0.25) is 0 Å². The van der Waals surface area contributed by atoms with Crippen LogP contribution in [-0.4, -0.2) is 11.1 Å². The summed E-state index contributed by atoms with van der Waals surface area (Å²) >= 11 is 6.17. The van der Waals surface area contributed by atoms with Crippen molar-refractivity contribution in [1.29, 1.82) is 0 Å². The number of halogens is 1. The SMILES string of the molecule is Cc1c(NCc2ccc(-c3cccc(Cl)c3C)o2)cccc1C(=O)O. The fraction of sp³-hybridized carbons (Fsp3) is 0.150. The highest BCUT2D eigenvalue weighted by atomic mass is 35.5. The number of carboxylic acids is 1. The van der Waals surface area contributed by atoms with Crippen LogP contribution in [0.4, 0.5) is 5.69 Å². The Labute approximate surface area is 151 Å². The molecule has 0 saturated carbocycles. The van der Waals surface area contributed by atoms with Gasteiger partial charge in [0.05, 0.1) is 12.1 Å². The monoisotopic (exact) mass is 355 g/mol. The van der Waals surface area contributed by atoms with Gasteiger partial charge in [0.25, 0.3) is 0 Å². The Hall–Kier alpha value is -2.72. The van der Waals surface area contributed by atoms with Gasteiger partial charge in [0, 0.05) is 16.3 Å². The zero-order chi connectivity index (χ0) is 18.0. The molecule has 0 unspecified atom stereocenters. The van der Waals surface area contributed by atoms with E-state index in [2.05, 4.69) is 5.32 Å². The predicted molar refractivity (Wildman–Crippen MR) is 99.4 cm³/mol. The van der Waals surface area contributed by atoms with Crippen LogP contribution in [0.3, 0.4) is 0 Å². The lowest BCUT2D eigenvalue weighted by atomic mass is 10.1. The van der Waals surface area contributed by atoms with Crippen LogP contribution in [0.5, 0.6) is 0 Å². The number of anilines is 1. The largest absolute Gasteiger partial charge is 0.478 e. The lowest BCUT2D eigenvalue weighted by Crippen LogP contribution is -2.05. The van der Waals surface area contributed by atoms with Crippen LogP contribution >= 0.6 is 11.6 Å². The molecule has 0 amide bonds. The normalized spacial score (nSPS) is 10.7. The summed E-state index contributed by atoms with van der Waals surface area (Å²) in [6.45, 7) is 4.21. The maximum absolute atomic E-state index is 11.2. The van der Waals surface area contributed by atoms with E-state index in [0.717, 1.165) is 28.3 Å². The molecule has 0 spiro atoms. The molecule has 0 aliphatic rings. The van der Waals surface area contributed by atoms with Crippen LogP contribution in [0, 0.1) is 13.8 Å². The molecule has 0 fully saturated rings. The van der Waals surface area contributed by atoms with Crippen molar-refractivity contribution in [2.45, 2.75) is 20.4 Å². The summed E-state index contributed by atoms with van der Waals surface area (Å²) in [6, 6.07) is 14.7. The van der Waals surface area contributed by atoms with Crippen LogP contribution in [0.15, 0.2) is 52.9 Å². The molecule has 4 nitrogen and oxygen atoms in total. The summed E-state index contributed by atoms with van der Waals surface area (Å²) < 4.78 is 5.91. The zero-order valence-corrected chi connectivity index (χ0v) is 14.7. The number of hydrogen-bond acceptors (Lipinski definition) is 3. The molecule has 2 N–H and O–H groups in total. The van der Waals surface area contributed by atoms with Gasteiger partial charge in [-0.25, -0.2) is 4.79 Å². The second-order valence-electron chi connectivity index (χ2n) is 5.82. The lowest BCUT2D eigenvalue weighted by Gasteiger charge is -2.10. The highest BCUT2D eigenvalue weighted by Crippen LogP contribution is 2.30. The minimum Gasteiger partial charge on any atom is -0.478 e. The molecule has 0 bridgehead atoms. The Balaban J connectivity index is 1.78. The van der Waals surface area contributed by atoms with Crippen LogP contribution in [-0.2, 0) is 6.54 Å². The number of hydrogen-bond donors (Lipinski definition) is 2. The molecule has 0 radical (unpaired) electrons. The number of benzene rings is 2. The molecule has 1 heterocycles. The third-order valence-corrected chi connectivity index (χ3v) is 4.62. The first-order valence-corrected chi connectivity index (χ1v) is 8.26. The van der Waals surface area contributed by atoms with E-state index in [1.165, 1.54) is 0 Å². The number of furan rings is 1. The molecule has 0 atom stereocenters. The highest BCUT2D eigenvalue weighted by molar-refractivity contribution is 6.31. The molecule has 0 aliphatic carbocycles. The van der Waals surface area contributed by atoms with Gasteiger partial charge in [-0.2, -0.15) is 0 Å². The first-order chi connectivity index (χ1) is 12.0. The van der Waals surface area contributed by atoms with Crippen molar-refractivity contribution in [3.63, 3.8) is 0 Å². The van der Waals surface area contributed by atoms with Gasteiger partial charge in [0.15, 0.2) is 0 Å². The average molecular weight is 356 g/mol. The Kier molecular flexibility index (Phi) is 4.81. The number of nitrogens with one attached hydrogen (secondary N) is 1. The highest BCUT2D eigenvalue weighted by Gasteiger charge is 2.12. The Morgan fingerprint density at radius 1 is 1.08 bits per heavy atom. The molecular weight excluding hydrogens is 338 g/mol. The quantitative estimate of drug-likeness (QED) is 0.631. The molecule has 25 heavy (non-hydrogen) atoms. The van der Waals surface area contributed by atoms with Gasteiger partial charge in [0.2, 0.25) is 0 Å². The summed E-state index contributed by atoms with van der Waals surface area (Å²) in [7, 11) is 0. The van der Waals surface area contributed by atoms with Crippen molar-refractivity contribution < 1.29 is 14.3 Å². The fourth-order valence-electron chi connectivity index (χ4n) is 2.73. The van der Waals surface area contributed by atoms with E-state index in [4.69, 9.17) is 16.0 Å². The van der Waals surface area contributed by atoms with Gasteiger partial charge < -0.3 is 14.8 Å². The van der Waals surface area contributed by atoms with Crippen molar-refractivity contribution in [2.24, 2.45) is 0 Å². The van der Waals surface area contributed by atoms with E-state index < -0.39 is 5.97 Å². The molecule has 3 aromatic rings. The topological polar surface area (TPSA) is 62.5 Å². The van der Waals surface area contributed by atoms with Gasteiger partial charge in [-0.15, -0.1) is 0 Å². The van der Waals surface area contributed by atoms with Crippen LogP contribution < -0.4 is 5.32 Å². The minimum absolute atomic E-state index is 0.291. The second-order valence-corrected chi connectivity index (χ2v) is 6.22. The molecule has 2 aromatic carbocycles. The Morgan fingerprint density at radius 3 is 2.60 bits per heavy atom. The fourth-order valence-corrected chi connectivity index (χ4v) is 2.91. The van der Waals surface area contributed by atoms with Gasteiger partial charge in [0.1, 0.15) is 11.5 Å². The van der Waals surface area contributed by atoms with E-state index >= 15 is 0 Å². The third-order valence-electron chi connectivity index (χ3n) is 4.21. The van der Waals surface area contributed by atoms with Crippen molar-refractivity contribution in [3.8, 4) is 11.3 Å². The Morgan fingerprint density at radius 2 is 1.84 bits per heavy atom. The second kappa shape index (κ2) is 7.03. The van der Waals surface area contributed by atoms with Gasteiger partial charge >= 0.3 is 5.97 Å². The maximum atomic E-state index is 11.2. The maximum Gasteiger partial charge on any atom is 0.336 e. The van der Waals surface area contributed by atoms with E-state index in [1.54, 1.807) is 19.1 Å². The Bertz CT molecular complexity index is 930. The molecule has 3 rings (SSSR count). The van der Waals surface area contributed by atoms with Crippen LogP contribution in [0.1, 0.15) is 27.2 Å². The van der Waals surface area contributed by atoms with Crippen molar-refractivity contribution >= 4 is 23.3 Å². The average Bonchev–Trinajstić information content (AvgIpc) is 3.05. The summed E-state index contributed by atoms with van der Waals surface area (Å²) in [5, 5.41) is 13.1. The summed E-state index contributed by atoms with van der Waals surface area (Å²) in [5.74, 6) is 0.583. The van der Waals surface area contributed by atoms with E-state index in [0.29, 0.717) is 22.7 Å². The van der Waals surface area contributed by atoms with Crippen molar-refractivity contribution in [3.05, 3.63) is 76.0 Å².